The first kappa shape index (κ1) is 27.1. The van der Waals surface area contributed by atoms with E-state index in [1.54, 1.807) is 25.1 Å². The highest BCUT2D eigenvalue weighted by atomic mass is 16.4. The number of carboxylic acids is 1. The van der Waals surface area contributed by atoms with Gasteiger partial charge < -0.3 is 26.0 Å². The molecule has 2 aliphatic rings. The number of amides is 2. The van der Waals surface area contributed by atoms with Crippen LogP contribution in [0.3, 0.4) is 0 Å². The smallest absolute Gasteiger partial charge is 0.336 e. The number of hydrogen-bond acceptors (Lipinski definition) is 6. The van der Waals surface area contributed by atoms with Crippen LogP contribution in [0, 0.1) is 6.92 Å². The third-order valence-corrected chi connectivity index (χ3v) is 7.38. The maximum Gasteiger partial charge on any atom is 0.336 e. The average molecular weight is 540 g/mol. The van der Waals surface area contributed by atoms with Crippen LogP contribution in [0.5, 0.6) is 0 Å². The fourth-order valence-electron chi connectivity index (χ4n) is 5.04. The molecule has 0 radical (unpaired) electrons. The molecule has 5 rings (SSSR count). The molecule has 1 saturated heterocycles. The van der Waals surface area contributed by atoms with Crippen LogP contribution in [-0.4, -0.2) is 79.0 Å². The zero-order valence-corrected chi connectivity index (χ0v) is 22.7. The summed E-state index contributed by atoms with van der Waals surface area (Å²) in [6, 6.07) is 19.8. The average Bonchev–Trinajstić information content (AvgIpc) is 3.27. The lowest BCUT2D eigenvalue weighted by molar-refractivity contribution is -0.110. The van der Waals surface area contributed by atoms with Crippen molar-refractivity contribution in [2.45, 2.75) is 6.92 Å². The molecule has 2 aliphatic heterocycles. The van der Waals surface area contributed by atoms with Gasteiger partial charge in [0.15, 0.2) is 0 Å². The molecular weight excluding hydrogens is 506 g/mol. The number of rotatable bonds is 8. The molecule has 3 aromatic carbocycles. The zero-order chi connectivity index (χ0) is 28.2. The molecule has 2 amide bonds. The Morgan fingerprint density at radius 2 is 1.65 bits per heavy atom. The molecule has 9 heteroatoms. The van der Waals surface area contributed by atoms with Crippen molar-refractivity contribution in [2.24, 2.45) is 0 Å². The number of aromatic carboxylic acids is 1. The Balaban J connectivity index is 1.36. The molecule has 0 spiro atoms. The minimum atomic E-state index is -1.04. The predicted molar refractivity (Wildman–Crippen MR) is 156 cm³/mol. The summed E-state index contributed by atoms with van der Waals surface area (Å²) in [4.78, 5) is 42.2. The molecule has 1 fully saturated rings. The minimum Gasteiger partial charge on any atom is -0.478 e. The first-order valence-corrected chi connectivity index (χ1v) is 13.4. The number of nitrogens with one attached hydrogen (secondary N) is 3. The van der Waals surface area contributed by atoms with E-state index < -0.39 is 5.97 Å². The normalized spacial score (nSPS) is 16.7. The summed E-state index contributed by atoms with van der Waals surface area (Å²) in [5.41, 5.74) is 4.88. The topological polar surface area (TPSA) is 114 Å². The van der Waals surface area contributed by atoms with Crippen molar-refractivity contribution in [3.63, 3.8) is 0 Å². The van der Waals surface area contributed by atoms with Crippen LogP contribution in [0.4, 0.5) is 11.4 Å². The van der Waals surface area contributed by atoms with E-state index in [9.17, 15) is 19.5 Å². The van der Waals surface area contributed by atoms with Gasteiger partial charge in [0, 0.05) is 56.1 Å². The number of carbonyl (C=O) groups excluding carboxylic acids is 2. The summed E-state index contributed by atoms with van der Waals surface area (Å²) in [5.74, 6) is -1.49. The number of carboxylic acid groups (broad SMARTS) is 1. The first-order valence-electron chi connectivity index (χ1n) is 13.4. The Bertz CT molecular complexity index is 1460. The third-order valence-electron chi connectivity index (χ3n) is 7.38. The summed E-state index contributed by atoms with van der Waals surface area (Å²) in [6.45, 7) is 7.23. The number of nitrogens with zero attached hydrogens (tertiary/aromatic N) is 2. The van der Waals surface area contributed by atoms with Gasteiger partial charge in [-0.1, -0.05) is 30.3 Å². The van der Waals surface area contributed by atoms with Crippen LogP contribution >= 0.6 is 0 Å². The standard InChI is InChI=1S/C31H33N5O4/c1-20-18-25-26(19-24(20)31(39)40)34-30(38)27(25)28(21-6-4-3-5-7-21)33-23-10-8-22(9-11-23)29(37)32-12-13-36-16-14-35(2)15-17-36/h3-11,18-19,33H,12-17H2,1-2H3,(H,32,37)(H,34,38)(H,39,40)/b28-27+. The zero-order valence-electron chi connectivity index (χ0n) is 22.7. The molecule has 0 atom stereocenters. The molecule has 206 valence electrons. The van der Waals surface area contributed by atoms with E-state index in [-0.39, 0.29) is 17.4 Å². The summed E-state index contributed by atoms with van der Waals surface area (Å²) in [5, 5.41) is 18.7. The molecule has 9 nitrogen and oxygen atoms in total. The van der Waals surface area contributed by atoms with Crippen molar-refractivity contribution in [1.82, 2.24) is 15.1 Å². The third kappa shape index (κ3) is 5.90. The van der Waals surface area contributed by atoms with Crippen LogP contribution in [0.15, 0.2) is 66.7 Å². The Morgan fingerprint density at radius 3 is 2.33 bits per heavy atom. The van der Waals surface area contributed by atoms with Crippen molar-refractivity contribution >= 4 is 40.4 Å². The van der Waals surface area contributed by atoms with Gasteiger partial charge in [0.05, 0.1) is 22.5 Å². The SMILES string of the molecule is Cc1cc2c(cc1C(=O)O)NC(=O)/C2=C(/Nc1ccc(C(=O)NCCN2CCN(C)CC2)cc1)c1ccccc1. The van der Waals surface area contributed by atoms with Gasteiger partial charge in [0.2, 0.25) is 0 Å². The van der Waals surface area contributed by atoms with E-state index in [4.69, 9.17) is 0 Å². The van der Waals surface area contributed by atoms with Crippen molar-refractivity contribution < 1.29 is 19.5 Å². The van der Waals surface area contributed by atoms with Gasteiger partial charge in [-0.05, 0) is 61.5 Å². The fraction of sp³-hybridized carbons (Fsp3) is 0.258. The van der Waals surface area contributed by atoms with E-state index in [1.165, 1.54) is 6.07 Å². The Morgan fingerprint density at radius 1 is 0.950 bits per heavy atom. The van der Waals surface area contributed by atoms with Crippen LogP contribution in [0.2, 0.25) is 0 Å². The number of likely N-dealkylation sites (N-methyl/N-ethyl adjacent to an activating group) is 1. The number of benzene rings is 3. The highest BCUT2D eigenvalue weighted by Gasteiger charge is 2.30. The quantitative estimate of drug-likeness (QED) is 0.324. The van der Waals surface area contributed by atoms with E-state index in [0.29, 0.717) is 45.9 Å². The molecule has 4 N–H and O–H groups in total. The lowest BCUT2D eigenvalue weighted by Gasteiger charge is -2.32. The Labute approximate surface area is 233 Å². The molecule has 0 bridgehead atoms. The largest absolute Gasteiger partial charge is 0.478 e. The maximum absolute atomic E-state index is 13.2. The highest BCUT2D eigenvalue weighted by Crippen LogP contribution is 2.39. The molecule has 0 saturated carbocycles. The van der Waals surface area contributed by atoms with Crippen molar-refractivity contribution in [2.75, 3.05) is 56.9 Å². The molecule has 2 heterocycles. The molecule has 0 aromatic heterocycles. The molecule has 40 heavy (non-hydrogen) atoms. The highest BCUT2D eigenvalue weighted by molar-refractivity contribution is 6.37. The van der Waals surface area contributed by atoms with Gasteiger partial charge in [0.25, 0.3) is 11.8 Å². The number of carbonyl (C=O) groups is 3. The van der Waals surface area contributed by atoms with E-state index in [2.05, 4.69) is 32.8 Å². The molecule has 0 aliphatic carbocycles. The number of aryl methyl sites for hydroxylation is 1. The number of fused-ring (bicyclic) bond motifs is 1. The van der Waals surface area contributed by atoms with Crippen molar-refractivity contribution in [3.05, 3.63) is 94.5 Å². The fourth-order valence-corrected chi connectivity index (χ4v) is 5.04. The van der Waals surface area contributed by atoms with Gasteiger partial charge in [-0.15, -0.1) is 0 Å². The Hall–Kier alpha value is -4.47. The van der Waals surface area contributed by atoms with Gasteiger partial charge in [0.1, 0.15) is 0 Å². The monoisotopic (exact) mass is 539 g/mol. The Kier molecular flexibility index (Phi) is 7.95. The predicted octanol–water partition coefficient (Wildman–Crippen LogP) is 3.60. The summed E-state index contributed by atoms with van der Waals surface area (Å²) < 4.78 is 0. The summed E-state index contributed by atoms with van der Waals surface area (Å²) >= 11 is 0. The van der Waals surface area contributed by atoms with Crippen molar-refractivity contribution in [1.29, 1.82) is 0 Å². The molecular formula is C31H33N5O4. The second-order valence-electron chi connectivity index (χ2n) is 10.2. The minimum absolute atomic E-state index is 0.129. The lowest BCUT2D eigenvalue weighted by Crippen LogP contribution is -2.46. The van der Waals surface area contributed by atoms with E-state index in [0.717, 1.165) is 38.3 Å². The van der Waals surface area contributed by atoms with Gasteiger partial charge in [-0.3, -0.25) is 14.5 Å². The van der Waals surface area contributed by atoms with E-state index in [1.807, 2.05) is 42.5 Å². The van der Waals surface area contributed by atoms with Crippen LogP contribution < -0.4 is 16.0 Å². The molecule has 3 aromatic rings. The van der Waals surface area contributed by atoms with Crippen molar-refractivity contribution in [3.8, 4) is 0 Å². The summed E-state index contributed by atoms with van der Waals surface area (Å²) in [6.07, 6.45) is 0. The van der Waals surface area contributed by atoms with E-state index >= 15 is 0 Å². The van der Waals surface area contributed by atoms with Crippen LogP contribution in [-0.2, 0) is 4.79 Å². The second-order valence-corrected chi connectivity index (χ2v) is 10.2. The lowest BCUT2D eigenvalue weighted by atomic mass is 9.96. The summed E-state index contributed by atoms with van der Waals surface area (Å²) in [7, 11) is 2.12. The maximum atomic E-state index is 13.2. The first-order chi connectivity index (χ1) is 19.3. The van der Waals surface area contributed by atoms with Gasteiger partial charge in [-0.25, -0.2) is 4.79 Å². The van der Waals surface area contributed by atoms with Gasteiger partial charge >= 0.3 is 5.97 Å². The van der Waals surface area contributed by atoms with Gasteiger partial charge in [-0.2, -0.15) is 0 Å². The number of anilines is 2. The van der Waals surface area contributed by atoms with Crippen LogP contribution in [0.1, 0.15) is 37.4 Å². The molecule has 0 unspecified atom stereocenters. The number of piperazine rings is 1. The second kappa shape index (κ2) is 11.7. The number of hydrogen-bond donors (Lipinski definition) is 4. The van der Waals surface area contributed by atoms with Crippen LogP contribution in [0.25, 0.3) is 11.3 Å².